The minimum atomic E-state index is -0.759. The van der Waals surface area contributed by atoms with Gasteiger partial charge in [0, 0.05) is 0 Å². The molecule has 0 bridgehead atoms. The number of carbonyl (C=O) groups excluding carboxylic acids is 1. The molecule has 0 aliphatic rings. The Balaban J connectivity index is 3.92. The quantitative estimate of drug-likeness (QED) is 0.678. The van der Waals surface area contributed by atoms with E-state index >= 15 is 0 Å². The van der Waals surface area contributed by atoms with E-state index in [1.807, 2.05) is 6.07 Å². The van der Waals surface area contributed by atoms with Crippen molar-refractivity contribution in [3.05, 3.63) is 0 Å². The van der Waals surface area contributed by atoms with E-state index in [2.05, 4.69) is 21.2 Å². The Labute approximate surface area is 68.5 Å². The molecule has 0 saturated carbocycles. The molecule has 0 unspecified atom stereocenters. The molecule has 1 amide bonds. The highest BCUT2D eigenvalue weighted by Crippen LogP contribution is 1.98. The van der Waals surface area contributed by atoms with E-state index in [1.54, 1.807) is 13.8 Å². The number of hydrogen-bond acceptors (Lipinski definition) is 2. The summed E-state index contributed by atoms with van der Waals surface area (Å²) < 4.78 is 0. The molecule has 0 aromatic rings. The molecule has 4 heteroatoms. The summed E-state index contributed by atoms with van der Waals surface area (Å²) in [5.74, 6) is -0.174. The van der Waals surface area contributed by atoms with Crippen LogP contribution in [0, 0.1) is 11.3 Å². The first-order valence-corrected chi connectivity index (χ1v) is 3.92. The molecule has 0 aliphatic heterocycles. The molecule has 0 atom stereocenters. The summed E-state index contributed by atoms with van der Waals surface area (Å²) in [6, 6.07) is 1.95. The average molecular weight is 205 g/mol. The number of carbonyl (C=O) groups is 1. The molecule has 0 rings (SSSR count). The van der Waals surface area contributed by atoms with Gasteiger partial charge in [-0.05, 0) is 13.8 Å². The average Bonchev–Trinajstić information content (AvgIpc) is 1.87. The second kappa shape index (κ2) is 3.57. The van der Waals surface area contributed by atoms with Gasteiger partial charge in [0.1, 0.15) is 5.54 Å². The SMILES string of the molecule is CC(C)(C#N)NC(=O)CBr. The fourth-order valence-corrected chi connectivity index (χ4v) is 0.550. The molecular formula is C6H9BrN2O. The number of nitrogens with one attached hydrogen (secondary N) is 1. The summed E-state index contributed by atoms with van der Waals surface area (Å²) in [5, 5.41) is 11.2. The van der Waals surface area contributed by atoms with E-state index in [9.17, 15) is 4.79 Å². The fraction of sp³-hybridized carbons (Fsp3) is 0.667. The van der Waals surface area contributed by atoms with Crippen molar-refractivity contribution in [3.63, 3.8) is 0 Å². The maximum atomic E-state index is 10.7. The maximum absolute atomic E-state index is 10.7. The highest BCUT2D eigenvalue weighted by molar-refractivity contribution is 9.09. The van der Waals surface area contributed by atoms with Crippen LogP contribution in [-0.4, -0.2) is 16.8 Å². The van der Waals surface area contributed by atoms with Gasteiger partial charge in [-0.25, -0.2) is 0 Å². The molecule has 0 heterocycles. The van der Waals surface area contributed by atoms with Gasteiger partial charge in [-0.1, -0.05) is 15.9 Å². The Bertz CT molecular complexity index is 171. The fourth-order valence-electron chi connectivity index (χ4n) is 0.410. The van der Waals surface area contributed by atoms with Crippen molar-refractivity contribution in [3.8, 4) is 6.07 Å². The van der Waals surface area contributed by atoms with Gasteiger partial charge >= 0.3 is 0 Å². The Hall–Kier alpha value is -0.560. The van der Waals surface area contributed by atoms with Crippen molar-refractivity contribution in [1.82, 2.24) is 5.32 Å². The van der Waals surface area contributed by atoms with Crippen LogP contribution in [0.25, 0.3) is 0 Å². The van der Waals surface area contributed by atoms with E-state index in [0.717, 1.165) is 0 Å². The molecule has 0 fully saturated rings. The van der Waals surface area contributed by atoms with Gasteiger partial charge in [-0.2, -0.15) is 5.26 Å². The van der Waals surface area contributed by atoms with Gasteiger partial charge in [-0.15, -0.1) is 0 Å². The Morgan fingerprint density at radius 3 is 2.60 bits per heavy atom. The molecule has 0 radical (unpaired) electrons. The van der Waals surface area contributed by atoms with E-state index in [1.165, 1.54) is 0 Å². The third-order valence-electron chi connectivity index (χ3n) is 0.853. The number of halogens is 1. The lowest BCUT2D eigenvalue weighted by Gasteiger charge is -2.15. The first kappa shape index (κ1) is 9.44. The van der Waals surface area contributed by atoms with Crippen molar-refractivity contribution in [2.24, 2.45) is 0 Å². The number of rotatable bonds is 2. The van der Waals surface area contributed by atoms with E-state index in [4.69, 9.17) is 5.26 Å². The van der Waals surface area contributed by atoms with E-state index < -0.39 is 5.54 Å². The summed E-state index contributed by atoms with van der Waals surface area (Å²) in [5.41, 5.74) is -0.759. The first-order valence-electron chi connectivity index (χ1n) is 2.80. The molecule has 0 aliphatic carbocycles. The van der Waals surface area contributed by atoms with Crippen LogP contribution in [0.5, 0.6) is 0 Å². The summed E-state index contributed by atoms with van der Waals surface area (Å²) in [6.45, 7) is 3.29. The highest BCUT2D eigenvalue weighted by Gasteiger charge is 2.17. The molecular weight excluding hydrogens is 196 g/mol. The largest absolute Gasteiger partial charge is 0.338 e. The number of hydrogen-bond donors (Lipinski definition) is 1. The third kappa shape index (κ3) is 3.46. The van der Waals surface area contributed by atoms with E-state index in [-0.39, 0.29) is 11.2 Å². The number of nitriles is 1. The van der Waals surface area contributed by atoms with Crippen LogP contribution in [0.1, 0.15) is 13.8 Å². The summed E-state index contributed by atoms with van der Waals surface area (Å²) in [6.07, 6.45) is 0. The standard InChI is InChI=1S/C6H9BrN2O/c1-6(2,4-8)9-5(10)3-7/h3H2,1-2H3,(H,9,10). The Morgan fingerprint density at radius 2 is 2.30 bits per heavy atom. The van der Waals surface area contributed by atoms with Crippen LogP contribution in [0.3, 0.4) is 0 Å². The van der Waals surface area contributed by atoms with Crippen LogP contribution in [-0.2, 0) is 4.79 Å². The second-order valence-corrected chi connectivity index (χ2v) is 2.98. The van der Waals surface area contributed by atoms with Crippen molar-refractivity contribution < 1.29 is 4.79 Å². The maximum Gasteiger partial charge on any atom is 0.231 e. The number of nitrogens with zero attached hydrogens (tertiary/aromatic N) is 1. The molecule has 0 spiro atoms. The van der Waals surface area contributed by atoms with Gasteiger partial charge in [-0.3, -0.25) is 4.79 Å². The minimum absolute atomic E-state index is 0.174. The zero-order chi connectivity index (χ0) is 8.20. The van der Waals surface area contributed by atoms with Crippen LogP contribution in [0.2, 0.25) is 0 Å². The Kier molecular flexibility index (Phi) is 3.37. The van der Waals surface area contributed by atoms with Crippen molar-refractivity contribution in [2.45, 2.75) is 19.4 Å². The van der Waals surface area contributed by atoms with Gasteiger partial charge in [0.05, 0.1) is 11.4 Å². The normalized spacial score (nSPS) is 10.2. The highest BCUT2D eigenvalue weighted by atomic mass is 79.9. The topological polar surface area (TPSA) is 52.9 Å². The molecule has 3 nitrogen and oxygen atoms in total. The van der Waals surface area contributed by atoms with Crippen molar-refractivity contribution in [1.29, 1.82) is 5.26 Å². The first-order chi connectivity index (χ1) is 4.52. The smallest absolute Gasteiger partial charge is 0.231 e. The molecule has 0 saturated heterocycles. The third-order valence-corrected chi connectivity index (χ3v) is 1.36. The molecule has 0 aromatic carbocycles. The summed E-state index contributed by atoms with van der Waals surface area (Å²) in [7, 11) is 0. The zero-order valence-corrected chi connectivity index (χ0v) is 7.53. The monoisotopic (exact) mass is 204 g/mol. The predicted molar refractivity (Wildman–Crippen MR) is 41.6 cm³/mol. The lowest BCUT2D eigenvalue weighted by molar-refractivity contribution is -0.119. The Morgan fingerprint density at radius 1 is 1.80 bits per heavy atom. The van der Waals surface area contributed by atoms with Crippen LogP contribution in [0.15, 0.2) is 0 Å². The molecule has 1 N–H and O–H groups in total. The number of amides is 1. The molecule has 56 valence electrons. The zero-order valence-electron chi connectivity index (χ0n) is 5.94. The van der Waals surface area contributed by atoms with Crippen LogP contribution in [0.4, 0.5) is 0 Å². The van der Waals surface area contributed by atoms with E-state index in [0.29, 0.717) is 0 Å². The van der Waals surface area contributed by atoms with Crippen molar-refractivity contribution in [2.75, 3.05) is 5.33 Å². The molecule has 0 aromatic heterocycles. The molecule has 10 heavy (non-hydrogen) atoms. The second-order valence-electron chi connectivity index (χ2n) is 2.42. The van der Waals surface area contributed by atoms with Gasteiger partial charge in [0.15, 0.2) is 0 Å². The van der Waals surface area contributed by atoms with Crippen molar-refractivity contribution >= 4 is 21.8 Å². The predicted octanol–water partition coefficient (Wildman–Crippen LogP) is 0.800. The summed E-state index contributed by atoms with van der Waals surface area (Å²) in [4.78, 5) is 10.7. The summed E-state index contributed by atoms with van der Waals surface area (Å²) >= 11 is 2.98. The van der Waals surface area contributed by atoms with Crippen LogP contribution < -0.4 is 5.32 Å². The number of alkyl halides is 1. The van der Waals surface area contributed by atoms with Gasteiger partial charge in [0.2, 0.25) is 5.91 Å². The van der Waals surface area contributed by atoms with Crippen LogP contribution >= 0.6 is 15.9 Å². The lowest BCUT2D eigenvalue weighted by Crippen LogP contribution is -2.42. The minimum Gasteiger partial charge on any atom is -0.338 e. The lowest BCUT2D eigenvalue weighted by atomic mass is 10.1. The van der Waals surface area contributed by atoms with Gasteiger partial charge < -0.3 is 5.32 Å². The van der Waals surface area contributed by atoms with Gasteiger partial charge in [0.25, 0.3) is 0 Å².